The van der Waals surface area contributed by atoms with Crippen LogP contribution < -0.4 is 0 Å². The molecule has 1 nitrogen and oxygen atoms in total. The maximum Gasteiger partial charge on any atom is 0.0540 e. The van der Waals surface area contributed by atoms with Crippen LogP contribution >= 0.6 is 0 Å². The van der Waals surface area contributed by atoms with Crippen molar-refractivity contribution >= 4 is 0 Å². The van der Waals surface area contributed by atoms with Gasteiger partial charge in [-0.1, -0.05) is 19.9 Å². The van der Waals surface area contributed by atoms with E-state index >= 15 is 0 Å². The van der Waals surface area contributed by atoms with Crippen LogP contribution in [0.25, 0.3) is 0 Å². The molecule has 0 rings (SSSR count). The van der Waals surface area contributed by atoms with Crippen molar-refractivity contribution in [3.8, 4) is 0 Å². The standard InChI is InChI=1S/C10H18O/c1-4-6-7-8-10(5-2)9(3)11/h6,9-11H,1,5,7-8H2,2-3H3. The fraction of sp³-hybridized carbons (Fsp3) is 0.700. The molecule has 0 amide bonds. The lowest BCUT2D eigenvalue weighted by Gasteiger charge is -2.16. The van der Waals surface area contributed by atoms with Crippen LogP contribution in [0.2, 0.25) is 0 Å². The van der Waals surface area contributed by atoms with Crippen molar-refractivity contribution < 1.29 is 5.11 Å². The second kappa shape index (κ2) is 6.21. The number of hydrogen-bond donors (Lipinski definition) is 1. The molecule has 0 fully saturated rings. The quantitative estimate of drug-likeness (QED) is 0.603. The molecule has 64 valence electrons. The Morgan fingerprint density at radius 3 is 2.64 bits per heavy atom. The molecule has 0 aliphatic carbocycles. The molecule has 0 bridgehead atoms. The van der Waals surface area contributed by atoms with Gasteiger partial charge in [0.05, 0.1) is 6.10 Å². The summed E-state index contributed by atoms with van der Waals surface area (Å²) in [7, 11) is 0. The van der Waals surface area contributed by atoms with Crippen LogP contribution in [0.3, 0.4) is 0 Å². The van der Waals surface area contributed by atoms with Gasteiger partial charge in [-0.05, 0) is 31.8 Å². The third-order valence-corrected chi connectivity index (χ3v) is 2.03. The van der Waals surface area contributed by atoms with Crippen LogP contribution in [-0.2, 0) is 0 Å². The normalized spacial score (nSPS) is 15.2. The number of aliphatic hydroxyl groups excluding tert-OH is 1. The molecule has 1 heteroatoms. The zero-order valence-electron chi connectivity index (χ0n) is 7.51. The van der Waals surface area contributed by atoms with Crippen molar-refractivity contribution in [2.45, 2.75) is 39.2 Å². The molecule has 0 spiro atoms. The van der Waals surface area contributed by atoms with Crippen LogP contribution in [0.4, 0.5) is 0 Å². The van der Waals surface area contributed by atoms with E-state index in [0.29, 0.717) is 5.92 Å². The maximum absolute atomic E-state index is 9.26. The van der Waals surface area contributed by atoms with Crippen LogP contribution in [-0.4, -0.2) is 11.2 Å². The minimum atomic E-state index is -0.182. The van der Waals surface area contributed by atoms with E-state index in [1.165, 1.54) is 0 Å². The molecule has 1 N–H and O–H groups in total. The van der Waals surface area contributed by atoms with Gasteiger partial charge in [-0.3, -0.25) is 0 Å². The molecule has 11 heavy (non-hydrogen) atoms. The topological polar surface area (TPSA) is 20.2 Å². The summed E-state index contributed by atoms with van der Waals surface area (Å²) in [5.41, 5.74) is 2.73. The monoisotopic (exact) mass is 154 g/mol. The van der Waals surface area contributed by atoms with E-state index in [1.54, 1.807) is 0 Å². The lowest BCUT2D eigenvalue weighted by Crippen LogP contribution is -2.15. The van der Waals surface area contributed by atoms with Gasteiger partial charge in [0.1, 0.15) is 0 Å². The molecule has 2 unspecified atom stereocenters. The van der Waals surface area contributed by atoms with Gasteiger partial charge in [-0.25, -0.2) is 0 Å². The first-order valence-corrected chi connectivity index (χ1v) is 4.24. The Kier molecular flexibility index (Phi) is 5.91. The predicted molar refractivity (Wildman–Crippen MR) is 48.4 cm³/mol. The highest BCUT2D eigenvalue weighted by molar-refractivity contribution is 4.77. The number of rotatable bonds is 5. The SMILES string of the molecule is C=C=CCCC(CC)C(C)O. The maximum atomic E-state index is 9.26. The molecule has 0 saturated heterocycles. The largest absolute Gasteiger partial charge is 0.393 e. The predicted octanol–water partition coefficient (Wildman–Crippen LogP) is 2.51. The Bertz CT molecular complexity index is 132. The van der Waals surface area contributed by atoms with E-state index in [1.807, 2.05) is 13.0 Å². The average molecular weight is 154 g/mol. The number of allylic oxidation sites excluding steroid dienone is 1. The summed E-state index contributed by atoms with van der Waals surface area (Å²) in [5, 5.41) is 9.26. The fourth-order valence-corrected chi connectivity index (χ4v) is 1.19. The van der Waals surface area contributed by atoms with Gasteiger partial charge in [0.15, 0.2) is 0 Å². The summed E-state index contributed by atoms with van der Waals surface area (Å²) < 4.78 is 0. The van der Waals surface area contributed by atoms with E-state index in [-0.39, 0.29) is 6.10 Å². The van der Waals surface area contributed by atoms with Crippen LogP contribution in [0.5, 0.6) is 0 Å². The van der Waals surface area contributed by atoms with Crippen molar-refractivity contribution in [1.29, 1.82) is 0 Å². The molecule has 0 aromatic heterocycles. The summed E-state index contributed by atoms with van der Waals surface area (Å²) in [6, 6.07) is 0. The summed E-state index contributed by atoms with van der Waals surface area (Å²) in [4.78, 5) is 0. The van der Waals surface area contributed by atoms with E-state index in [0.717, 1.165) is 19.3 Å². The first-order valence-electron chi connectivity index (χ1n) is 4.24. The molecule has 0 aromatic rings. The van der Waals surface area contributed by atoms with Gasteiger partial charge in [0, 0.05) is 0 Å². The van der Waals surface area contributed by atoms with E-state index in [4.69, 9.17) is 0 Å². The molecular weight excluding hydrogens is 136 g/mol. The molecule has 0 aliphatic heterocycles. The van der Waals surface area contributed by atoms with Crippen LogP contribution in [0, 0.1) is 5.92 Å². The first-order chi connectivity index (χ1) is 5.22. The lowest BCUT2D eigenvalue weighted by molar-refractivity contribution is 0.118. The third-order valence-electron chi connectivity index (χ3n) is 2.03. The second-order valence-electron chi connectivity index (χ2n) is 2.89. The summed E-state index contributed by atoms with van der Waals surface area (Å²) >= 11 is 0. The smallest absolute Gasteiger partial charge is 0.0540 e. The minimum Gasteiger partial charge on any atom is -0.393 e. The van der Waals surface area contributed by atoms with E-state index in [9.17, 15) is 5.11 Å². The number of aliphatic hydroxyl groups is 1. The Hall–Kier alpha value is -0.520. The van der Waals surface area contributed by atoms with Crippen LogP contribution in [0.15, 0.2) is 18.4 Å². The first kappa shape index (κ1) is 10.5. The number of hydrogen-bond acceptors (Lipinski definition) is 1. The molecule has 2 atom stereocenters. The van der Waals surface area contributed by atoms with Gasteiger partial charge in [-0.15, -0.1) is 5.73 Å². The van der Waals surface area contributed by atoms with Crippen molar-refractivity contribution in [3.05, 3.63) is 18.4 Å². The summed E-state index contributed by atoms with van der Waals surface area (Å²) in [5.74, 6) is 0.430. The summed E-state index contributed by atoms with van der Waals surface area (Å²) in [6.45, 7) is 7.44. The molecule has 0 heterocycles. The van der Waals surface area contributed by atoms with Gasteiger partial charge in [0.2, 0.25) is 0 Å². The van der Waals surface area contributed by atoms with Gasteiger partial charge in [-0.2, -0.15) is 0 Å². The zero-order valence-corrected chi connectivity index (χ0v) is 7.51. The average Bonchev–Trinajstić information content (AvgIpc) is 1.97. The Balaban J connectivity index is 3.60. The van der Waals surface area contributed by atoms with Crippen molar-refractivity contribution in [3.63, 3.8) is 0 Å². The molecule has 0 aromatic carbocycles. The van der Waals surface area contributed by atoms with Crippen molar-refractivity contribution in [2.24, 2.45) is 5.92 Å². The summed E-state index contributed by atoms with van der Waals surface area (Å²) in [6.07, 6.45) is 4.80. The highest BCUT2D eigenvalue weighted by Crippen LogP contribution is 2.15. The molecule has 0 radical (unpaired) electrons. The van der Waals surface area contributed by atoms with Crippen molar-refractivity contribution in [2.75, 3.05) is 0 Å². The van der Waals surface area contributed by atoms with Crippen molar-refractivity contribution in [1.82, 2.24) is 0 Å². The fourth-order valence-electron chi connectivity index (χ4n) is 1.19. The Labute approximate surface area is 69.4 Å². The third kappa shape index (κ3) is 4.83. The zero-order chi connectivity index (χ0) is 8.69. The molecule has 0 aliphatic rings. The van der Waals surface area contributed by atoms with E-state index in [2.05, 4.69) is 19.2 Å². The highest BCUT2D eigenvalue weighted by Gasteiger charge is 2.10. The molecular formula is C10H18O. The lowest BCUT2D eigenvalue weighted by atomic mass is 9.95. The Morgan fingerprint density at radius 1 is 1.64 bits per heavy atom. The second-order valence-corrected chi connectivity index (χ2v) is 2.89. The van der Waals surface area contributed by atoms with Gasteiger partial charge in [0.25, 0.3) is 0 Å². The van der Waals surface area contributed by atoms with E-state index < -0.39 is 0 Å². The van der Waals surface area contributed by atoms with Gasteiger partial charge >= 0.3 is 0 Å². The van der Waals surface area contributed by atoms with Gasteiger partial charge < -0.3 is 5.11 Å². The minimum absolute atomic E-state index is 0.182. The molecule has 0 saturated carbocycles. The highest BCUT2D eigenvalue weighted by atomic mass is 16.3. The van der Waals surface area contributed by atoms with Crippen LogP contribution in [0.1, 0.15) is 33.1 Å². The Morgan fingerprint density at radius 2 is 2.27 bits per heavy atom.